The average molecular weight is 607 g/mol. The Labute approximate surface area is 253 Å². The van der Waals surface area contributed by atoms with Crippen molar-refractivity contribution < 1.29 is 17.9 Å². The van der Waals surface area contributed by atoms with Crippen molar-refractivity contribution in [2.45, 2.75) is 26.4 Å². The summed E-state index contributed by atoms with van der Waals surface area (Å²) in [6, 6.07) is 11.2. The number of hydrogen-bond donors (Lipinski definition) is 1. The molecule has 7 nitrogen and oxygen atoms in total. The van der Waals surface area contributed by atoms with Gasteiger partial charge in [0.15, 0.2) is 0 Å². The maximum Gasteiger partial charge on any atom is 0.416 e. The van der Waals surface area contributed by atoms with Crippen LogP contribution in [0.2, 0.25) is 5.02 Å². The molecule has 43 heavy (non-hydrogen) atoms. The fourth-order valence-electron chi connectivity index (χ4n) is 5.42. The lowest BCUT2D eigenvalue weighted by atomic mass is 10.1. The molecule has 0 unspecified atom stereocenters. The molecular weight excluding hydrogens is 577 g/mol. The molecule has 3 aliphatic rings. The molecule has 1 saturated heterocycles. The van der Waals surface area contributed by atoms with E-state index < -0.39 is 11.7 Å². The Kier molecular flexibility index (Phi) is 7.87. The highest BCUT2D eigenvalue weighted by atomic mass is 35.5. The SMILES string of the molecule is C/C=C/C1=CC(Nc2cc(N3CCN(c4cccc(C(F)(F)F)c4)CC3)nc(Oc3ccc4c(c3Cl)C=C(C)C4)n2)=NC1. The molecule has 1 aromatic heterocycles. The molecule has 2 aliphatic heterocycles. The first-order valence-electron chi connectivity index (χ1n) is 14.0. The third-order valence-electron chi connectivity index (χ3n) is 7.52. The minimum Gasteiger partial charge on any atom is -0.423 e. The van der Waals surface area contributed by atoms with Crippen molar-refractivity contribution >= 4 is 40.8 Å². The van der Waals surface area contributed by atoms with Crippen molar-refractivity contribution in [1.82, 2.24) is 9.97 Å². The van der Waals surface area contributed by atoms with Crippen LogP contribution in [0.15, 0.2) is 76.8 Å². The van der Waals surface area contributed by atoms with Crippen molar-refractivity contribution in [3.8, 4) is 11.8 Å². The predicted molar refractivity (Wildman–Crippen MR) is 166 cm³/mol. The fourth-order valence-corrected chi connectivity index (χ4v) is 5.70. The third-order valence-corrected chi connectivity index (χ3v) is 7.91. The van der Waals surface area contributed by atoms with E-state index >= 15 is 0 Å². The van der Waals surface area contributed by atoms with Crippen LogP contribution in [0.5, 0.6) is 11.8 Å². The van der Waals surface area contributed by atoms with Crippen molar-refractivity contribution in [1.29, 1.82) is 0 Å². The summed E-state index contributed by atoms with van der Waals surface area (Å²) in [7, 11) is 0. The second-order valence-electron chi connectivity index (χ2n) is 10.7. The summed E-state index contributed by atoms with van der Waals surface area (Å²) in [5.74, 6) is 2.26. The topological polar surface area (TPSA) is 65.9 Å². The number of alkyl halides is 3. The number of allylic oxidation sites excluding steroid dienone is 2. The van der Waals surface area contributed by atoms with E-state index in [9.17, 15) is 13.2 Å². The summed E-state index contributed by atoms with van der Waals surface area (Å²) >= 11 is 6.73. The number of benzene rings is 2. The Bertz CT molecular complexity index is 1670. The highest BCUT2D eigenvalue weighted by Crippen LogP contribution is 2.39. The van der Waals surface area contributed by atoms with Gasteiger partial charge in [-0.25, -0.2) is 0 Å². The first kappa shape index (κ1) is 28.8. The van der Waals surface area contributed by atoms with Crippen LogP contribution in [0.1, 0.15) is 30.5 Å². The number of amidine groups is 1. The highest BCUT2D eigenvalue weighted by molar-refractivity contribution is 6.33. The Balaban J connectivity index is 1.25. The first-order valence-corrected chi connectivity index (χ1v) is 14.4. The molecule has 1 fully saturated rings. The van der Waals surface area contributed by atoms with Crippen LogP contribution in [-0.2, 0) is 12.6 Å². The lowest BCUT2D eigenvalue weighted by molar-refractivity contribution is -0.137. The van der Waals surface area contributed by atoms with Crippen LogP contribution in [0, 0.1) is 0 Å². The summed E-state index contributed by atoms with van der Waals surface area (Å²) < 4.78 is 46.0. The number of fused-ring (bicyclic) bond motifs is 1. The molecule has 1 N–H and O–H groups in total. The second-order valence-corrected chi connectivity index (χ2v) is 11.1. The maximum absolute atomic E-state index is 13.3. The zero-order chi connectivity index (χ0) is 30.1. The van der Waals surface area contributed by atoms with E-state index in [1.54, 1.807) is 6.07 Å². The third kappa shape index (κ3) is 6.39. The Morgan fingerprint density at radius 3 is 2.56 bits per heavy atom. The van der Waals surface area contributed by atoms with Gasteiger partial charge < -0.3 is 19.9 Å². The molecule has 0 saturated carbocycles. The van der Waals surface area contributed by atoms with Gasteiger partial charge in [0.25, 0.3) is 0 Å². The molecule has 0 radical (unpaired) electrons. The summed E-state index contributed by atoms with van der Waals surface area (Å²) in [4.78, 5) is 17.9. The summed E-state index contributed by atoms with van der Waals surface area (Å²) in [6.07, 6.45) is 4.46. The van der Waals surface area contributed by atoms with Crippen molar-refractivity contribution in [3.05, 3.63) is 93.6 Å². The van der Waals surface area contributed by atoms with E-state index in [0.717, 1.165) is 29.2 Å². The first-order chi connectivity index (χ1) is 20.7. The Morgan fingerprint density at radius 1 is 1.00 bits per heavy atom. The van der Waals surface area contributed by atoms with Gasteiger partial charge in [-0.2, -0.15) is 23.1 Å². The minimum absolute atomic E-state index is 0.122. The quantitative estimate of drug-likeness (QED) is 0.312. The summed E-state index contributed by atoms with van der Waals surface area (Å²) in [5, 5.41) is 3.78. The molecule has 0 amide bonds. The van der Waals surface area contributed by atoms with Gasteiger partial charge in [-0.1, -0.05) is 47.5 Å². The number of halogens is 4. The van der Waals surface area contributed by atoms with Gasteiger partial charge in [0.05, 0.1) is 17.1 Å². The Hall–Kier alpha value is -4.31. The second kappa shape index (κ2) is 11.8. The number of nitrogens with zero attached hydrogens (tertiary/aromatic N) is 5. The molecule has 3 aromatic rings. The van der Waals surface area contributed by atoms with E-state index in [4.69, 9.17) is 21.3 Å². The largest absolute Gasteiger partial charge is 0.423 e. The number of anilines is 3. The molecule has 222 valence electrons. The summed E-state index contributed by atoms with van der Waals surface area (Å²) in [6.45, 7) is 6.73. The zero-order valence-electron chi connectivity index (χ0n) is 23.7. The predicted octanol–water partition coefficient (Wildman–Crippen LogP) is 7.55. The molecule has 0 bridgehead atoms. The van der Waals surface area contributed by atoms with Gasteiger partial charge in [0.2, 0.25) is 0 Å². The van der Waals surface area contributed by atoms with Crippen LogP contribution in [0.25, 0.3) is 6.08 Å². The van der Waals surface area contributed by atoms with Gasteiger partial charge in [-0.3, -0.25) is 4.99 Å². The van der Waals surface area contributed by atoms with E-state index in [1.807, 2.05) is 48.3 Å². The minimum atomic E-state index is -4.39. The average Bonchev–Trinajstić information content (AvgIpc) is 3.60. The standard InChI is InChI=1S/C32H30ClF3N6O/c1-3-5-21-16-27(37-19-21)38-28-18-29(40-31(39-28)43-26-9-8-22-14-20(2)15-25(22)30(26)33)42-12-10-41(11-13-42)24-7-4-6-23(17-24)32(34,35)36/h3-9,15-18H,10-14,19H2,1-2H3,(H,37,38,39,40)/b5-3+. The van der Waals surface area contributed by atoms with E-state index in [2.05, 4.69) is 33.2 Å². The van der Waals surface area contributed by atoms with Gasteiger partial charge >= 0.3 is 12.2 Å². The maximum atomic E-state index is 13.3. The summed E-state index contributed by atoms with van der Waals surface area (Å²) in [5.41, 5.74) is 4.29. The molecule has 6 rings (SSSR count). The van der Waals surface area contributed by atoms with E-state index in [0.29, 0.717) is 66.7 Å². The smallest absolute Gasteiger partial charge is 0.416 e. The molecule has 3 heterocycles. The lowest BCUT2D eigenvalue weighted by Gasteiger charge is -2.37. The number of ether oxygens (including phenoxy) is 1. The molecule has 1 aliphatic carbocycles. The van der Waals surface area contributed by atoms with Crippen molar-refractivity contribution in [3.63, 3.8) is 0 Å². The molecule has 2 aromatic carbocycles. The molecule has 0 atom stereocenters. The lowest BCUT2D eigenvalue weighted by Crippen LogP contribution is -2.47. The molecule has 0 spiro atoms. The van der Waals surface area contributed by atoms with Gasteiger partial charge in [-0.05, 0) is 61.7 Å². The number of aromatic nitrogens is 2. The fraction of sp³-hybridized carbons (Fsp3) is 0.281. The van der Waals surface area contributed by atoms with Crippen LogP contribution >= 0.6 is 11.6 Å². The zero-order valence-corrected chi connectivity index (χ0v) is 24.5. The monoisotopic (exact) mass is 606 g/mol. The van der Waals surface area contributed by atoms with Crippen molar-refractivity contribution in [2.75, 3.05) is 47.8 Å². The molecular formula is C32H30ClF3N6O. The van der Waals surface area contributed by atoms with E-state index in [1.165, 1.54) is 17.7 Å². The van der Waals surface area contributed by atoms with Gasteiger partial charge in [-0.15, -0.1) is 0 Å². The number of rotatable bonds is 6. The van der Waals surface area contributed by atoms with Crippen LogP contribution in [0.3, 0.4) is 0 Å². The van der Waals surface area contributed by atoms with Gasteiger partial charge in [0, 0.05) is 43.5 Å². The Morgan fingerprint density at radius 2 is 1.79 bits per heavy atom. The number of aliphatic imine (C=N–C) groups is 1. The van der Waals surface area contributed by atoms with Crippen LogP contribution in [0.4, 0.5) is 30.5 Å². The number of hydrogen-bond acceptors (Lipinski definition) is 7. The molecule has 11 heteroatoms. The van der Waals surface area contributed by atoms with Crippen LogP contribution in [-0.4, -0.2) is 48.5 Å². The number of piperazine rings is 1. The highest BCUT2D eigenvalue weighted by Gasteiger charge is 2.31. The van der Waals surface area contributed by atoms with Gasteiger partial charge in [0.1, 0.15) is 23.2 Å². The van der Waals surface area contributed by atoms with E-state index in [-0.39, 0.29) is 6.01 Å². The van der Waals surface area contributed by atoms with Crippen molar-refractivity contribution in [2.24, 2.45) is 4.99 Å². The normalized spacial score (nSPS) is 16.7. The number of nitrogens with one attached hydrogen (secondary N) is 1. The van der Waals surface area contributed by atoms with Crippen LogP contribution < -0.4 is 19.9 Å².